The first-order valence-electron chi connectivity index (χ1n) is 15.1. The molecule has 3 aromatic rings. The number of benzene rings is 2. The van der Waals surface area contributed by atoms with Crippen LogP contribution in [0.1, 0.15) is 44.8 Å². The average molecular weight is 625 g/mol. The Hall–Kier alpha value is -4.00. The van der Waals surface area contributed by atoms with E-state index in [-0.39, 0.29) is 11.5 Å². The molecule has 0 radical (unpaired) electrons. The van der Waals surface area contributed by atoms with E-state index in [0.29, 0.717) is 69.4 Å². The molecule has 3 aliphatic heterocycles. The van der Waals surface area contributed by atoms with Crippen molar-refractivity contribution in [2.45, 2.75) is 31.5 Å². The summed E-state index contributed by atoms with van der Waals surface area (Å²) in [5.41, 5.74) is 1.50. The van der Waals surface area contributed by atoms with Crippen LogP contribution in [0, 0.1) is 6.92 Å². The number of hydrogen-bond acceptors (Lipinski definition) is 7. The number of fused-ring (bicyclic) bond motifs is 1. The zero-order chi connectivity index (χ0) is 31.6. The average Bonchev–Trinajstić information content (AvgIpc) is 3.14. The summed E-state index contributed by atoms with van der Waals surface area (Å²) in [4.78, 5) is 34.3. The van der Waals surface area contributed by atoms with Crippen LogP contribution in [-0.2, 0) is 15.7 Å². The fourth-order valence-electron chi connectivity index (χ4n) is 6.02. The Kier molecular flexibility index (Phi) is 8.80. The minimum Gasteiger partial charge on any atom is -0.484 e. The van der Waals surface area contributed by atoms with Crippen molar-refractivity contribution in [3.8, 4) is 16.9 Å². The topological polar surface area (TPSA) is 93.2 Å². The number of morpholine rings is 1. The molecule has 2 saturated heterocycles. The van der Waals surface area contributed by atoms with Crippen molar-refractivity contribution >= 4 is 17.5 Å². The number of alkyl halides is 3. The highest BCUT2D eigenvalue weighted by Crippen LogP contribution is 2.38. The lowest BCUT2D eigenvalue weighted by Crippen LogP contribution is -2.52. The van der Waals surface area contributed by atoms with E-state index < -0.39 is 23.4 Å². The first-order valence-corrected chi connectivity index (χ1v) is 15.1. The molecule has 0 bridgehead atoms. The van der Waals surface area contributed by atoms with Gasteiger partial charge in [0.05, 0.1) is 38.5 Å². The number of aryl methyl sites for hydroxylation is 1. The lowest BCUT2D eigenvalue weighted by atomic mass is 9.93. The molecule has 1 N–H and O–H groups in total. The summed E-state index contributed by atoms with van der Waals surface area (Å²) < 4.78 is 57.2. The largest absolute Gasteiger partial charge is 0.484 e. The van der Waals surface area contributed by atoms with Crippen LogP contribution in [0.25, 0.3) is 11.1 Å². The van der Waals surface area contributed by atoms with Gasteiger partial charge in [-0.2, -0.15) is 13.2 Å². The van der Waals surface area contributed by atoms with Gasteiger partial charge in [-0.1, -0.05) is 12.1 Å². The minimum absolute atomic E-state index is 0.0820. The molecular formula is C33H35F3N4O5. The first kappa shape index (κ1) is 31.0. The summed E-state index contributed by atoms with van der Waals surface area (Å²) in [5, 5.41) is 2.70. The molecule has 1 spiro atoms. The number of ether oxygens (including phenoxy) is 3. The predicted molar refractivity (Wildman–Crippen MR) is 160 cm³/mol. The summed E-state index contributed by atoms with van der Waals surface area (Å²) in [7, 11) is 0. The number of rotatable bonds is 6. The molecular weight excluding hydrogens is 589 g/mol. The molecule has 12 heteroatoms. The van der Waals surface area contributed by atoms with Crippen LogP contribution < -0.4 is 10.1 Å². The van der Waals surface area contributed by atoms with Gasteiger partial charge in [-0.15, -0.1) is 0 Å². The van der Waals surface area contributed by atoms with Gasteiger partial charge < -0.3 is 24.4 Å². The van der Waals surface area contributed by atoms with Crippen LogP contribution in [0.15, 0.2) is 54.7 Å². The molecule has 2 amide bonds. The normalized spacial score (nSPS) is 18.7. The number of carbonyl (C=O) groups excluding carboxylic acids is 2. The number of aromatic nitrogens is 1. The second-order valence-corrected chi connectivity index (χ2v) is 11.7. The summed E-state index contributed by atoms with van der Waals surface area (Å²) in [6, 6.07) is 12.7. The van der Waals surface area contributed by atoms with Crippen LogP contribution in [-0.4, -0.2) is 91.4 Å². The first-order chi connectivity index (χ1) is 21.6. The Morgan fingerprint density at radius 3 is 2.47 bits per heavy atom. The quantitative estimate of drug-likeness (QED) is 0.411. The predicted octanol–water partition coefficient (Wildman–Crippen LogP) is 5.04. The Morgan fingerprint density at radius 2 is 1.71 bits per heavy atom. The van der Waals surface area contributed by atoms with Gasteiger partial charge in [-0.3, -0.25) is 19.5 Å². The van der Waals surface area contributed by atoms with Crippen molar-refractivity contribution in [2.24, 2.45) is 0 Å². The minimum atomic E-state index is -4.66. The molecule has 3 aliphatic rings. The van der Waals surface area contributed by atoms with Crippen LogP contribution in [0.3, 0.4) is 0 Å². The van der Waals surface area contributed by atoms with E-state index in [1.165, 1.54) is 6.07 Å². The Morgan fingerprint density at radius 1 is 0.956 bits per heavy atom. The molecule has 9 nitrogen and oxygen atoms in total. The number of carbonyl (C=O) groups is 2. The molecule has 2 aromatic carbocycles. The fourth-order valence-corrected chi connectivity index (χ4v) is 6.02. The smallest absolute Gasteiger partial charge is 0.433 e. The van der Waals surface area contributed by atoms with Crippen molar-refractivity contribution < 1.29 is 37.0 Å². The molecule has 0 aliphatic carbocycles. The summed E-state index contributed by atoms with van der Waals surface area (Å²) in [6.45, 7) is 7.87. The van der Waals surface area contributed by atoms with Crippen molar-refractivity contribution in [2.75, 3.05) is 64.5 Å². The number of pyridine rings is 1. The maximum Gasteiger partial charge on any atom is 0.433 e. The van der Waals surface area contributed by atoms with Gasteiger partial charge in [0, 0.05) is 56.5 Å². The SMILES string of the molecule is Cc1ccc(NC(=O)c2ccnc(C(F)(F)F)c2)cc1-c1ccc2c(c1)OC1(CCOCC1)CN(CCN1CCOCC1)C2=O. The van der Waals surface area contributed by atoms with E-state index >= 15 is 0 Å². The zero-order valence-corrected chi connectivity index (χ0v) is 25.0. The number of hydrogen-bond donors (Lipinski definition) is 1. The number of nitrogens with one attached hydrogen (secondary N) is 1. The molecule has 4 heterocycles. The van der Waals surface area contributed by atoms with Gasteiger partial charge in [0.1, 0.15) is 17.0 Å². The highest BCUT2D eigenvalue weighted by Gasteiger charge is 2.42. The molecule has 0 atom stereocenters. The Bertz CT molecular complexity index is 1570. The Balaban J connectivity index is 1.27. The zero-order valence-electron chi connectivity index (χ0n) is 25.0. The van der Waals surface area contributed by atoms with Crippen LogP contribution in [0.2, 0.25) is 0 Å². The molecule has 2 fully saturated rings. The lowest BCUT2D eigenvalue weighted by molar-refractivity contribution is -0.141. The fraction of sp³-hybridized carbons (Fsp3) is 0.424. The van der Waals surface area contributed by atoms with Gasteiger partial charge in [0.15, 0.2) is 0 Å². The van der Waals surface area contributed by atoms with Crippen molar-refractivity contribution in [1.82, 2.24) is 14.8 Å². The molecule has 6 rings (SSSR count). The van der Waals surface area contributed by atoms with Crippen molar-refractivity contribution in [3.05, 3.63) is 77.1 Å². The van der Waals surface area contributed by atoms with E-state index in [1.54, 1.807) is 18.2 Å². The summed E-state index contributed by atoms with van der Waals surface area (Å²) in [6.07, 6.45) is -2.39. The number of anilines is 1. The van der Waals surface area contributed by atoms with Gasteiger partial charge in [-0.05, 0) is 60.0 Å². The Labute approximate surface area is 259 Å². The molecule has 0 saturated carbocycles. The maximum absolute atomic E-state index is 13.9. The monoisotopic (exact) mass is 624 g/mol. The maximum atomic E-state index is 13.9. The van der Waals surface area contributed by atoms with E-state index in [9.17, 15) is 22.8 Å². The highest BCUT2D eigenvalue weighted by atomic mass is 19.4. The summed E-state index contributed by atoms with van der Waals surface area (Å²) in [5.74, 6) is -0.271. The van der Waals surface area contributed by atoms with Crippen LogP contribution in [0.4, 0.5) is 18.9 Å². The second-order valence-electron chi connectivity index (χ2n) is 11.7. The third-order valence-electron chi connectivity index (χ3n) is 8.62. The van der Waals surface area contributed by atoms with Gasteiger partial charge in [0.2, 0.25) is 0 Å². The van der Waals surface area contributed by atoms with Crippen molar-refractivity contribution in [3.63, 3.8) is 0 Å². The molecule has 45 heavy (non-hydrogen) atoms. The van der Waals surface area contributed by atoms with Crippen LogP contribution in [0.5, 0.6) is 5.75 Å². The lowest BCUT2D eigenvalue weighted by Gasteiger charge is -2.39. The molecule has 238 valence electrons. The summed E-state index contributed by atoms with van der Waals surface area (Å²) >= 11 is 0. The number of nitrogens with zero attached hydrogens (tertiary/aromatic N) is 3. The van der Waals surface area contributed by atoms with Gasteiger partial charge in [0.25, 0.3) is 11.8 Å². The molecule has 0 unspecified atom stereocenters. The van der Waals surface area contributed by atoms with Gasteiger partial charge in [-0.25, -0.2) is 0 Å². The third-order valence-corrected chi connectivity index (χ3v) is 8.62. The van der Waals surface area contributed by atoms with Crippen molar-refractivity contribution in [1.29, 1.82) is 0 Å². The molecule has 1 aromatic heterocycles. The number of amides is 2. The second kappa shape index (κ2) is 12.8. The number of halogens is 3. The van der Waals surface area contributed by atoms with E-state index in [0.717, 1.165) is 48.6 Å². The van der Waals surface area contributed by atoms with Gasteiger partial charge >= 0.3 is 6.18 Å². The third kappa shape index (κ3) is 6.98. The standard InChI is InChI=1S/C33H35F3N4O5/c1-22-2-4-25(38-30(41)24-6-9-37-29(19-24)33(34,35)36)20-27(22)23-3-5-26-28(18-23)45-32(7-14-43-15-8-32)21-40(31(26)42)11-10-39-12-16-44-17-13-39/h2-6,9,18-20H,7-8,10-17,21H2,1H3,(H,38,41). The van der Waals surface area contributed by atoms with E-state index in [2.05, 4.69) is 15.2 Å². The van der Waals surface area contributed by atoms with E-state index in [4.69, 9.17) is 14.2 Å². The van der Waals surface area contributed by atoms with E-state index in [1.807, 2.05) is 30.0 Å². The van der Waals surface area contributed by atoms with Crippen LogP contribution >= 0.6 is 0 Å². The highest BCUT2D eigenvalue weighted by molar-refractivity contribution is 6.04.